The molecule has 0 aliphatic rings. The second-order valence-corrected chi connectivity index (χ2v) is 8.49. The van der Waals surface area contributed by atoms with Gasteiger partial charge < -0.3 is 14.4 Å². The van der Waals surface area contributed by atoms with Crippen LogP contribution < -0.4 is 9.47 Å². The van der Waals surface area contributed by atoms with E-state index in [-0.39, 0.29) is 5.91 Å². The van der Waals surface area contributed by atoms with Crippen molar-refractivity contribution in [1.82, 2.24) is 14.7 Å². The molecule has 0 unspecified atom stereocenters. The lowest BCUT2D eigenvalue weighted by Gasteiger charge is -2.23. The van der Waals surface area contributed by atoms with Crippen LogP contribution >= 0.6 is 0 Å². The standard InChI is InChI=1S/C29H31N3O3/c1-5-19-31(28(33)23-13-11-21(2)12-14-23)20-27-22(3)30-32(24-9-7-6-8-10-24)29(27)35-26-17-15-25(34-4)16-18-26/h6-18H,5,19-20H2,1-4H3. The number of rotatable bonds is 9. The normalized spacial score (nSPS) is 10.7. The fourth-order valence-electron chi connectivity index (χ4n) is 3.92. The lowest BCUT2D eigenvalue weighted by molar-refractivity contribution is 0.0742. The van der Waals surface area contributed by atoms with Gasteiger partial charge in [0.25, 0.3) is 5.91 Å². The van der Waals surface area contributed by atoms with Gasteiger partial charge in [-0.05, 0) is 68.8 Å². The van der Waals surface area contributed by atoms with E-state index in [1.165, 1.54) is 0 Å². The highest BCUT2D eigenvalue weighted by molar-refractivity contribution is 5.94. The summed E-state index contributed by atoms with van der Waals surface area (Å²) in [4.78, 5) is 15.3. The van der Waals surface area contributed by atoms with Crippen molar-refractivity contribution in [1.29, 1.82) is 0 Å². The van der Waals surface area contributed by atoms with Crippen molar-refractivity contribution in [3.05, 3.63) is 101 Å². The van der Waals surface area contributed by atoms with Crippen LogP contribution in [0.5, 0.6) is 17.4 Å². The van der Waals surface area contributed by atoms with Crippen molar-refractivity contribution >= 4 is 5.91 Å². The first-order valence-electron chi connectivity index (χ1n) is 11.8. The maximum absolute atomic E-state index is 13.4. The summed E-state index contributed by atoms with van der Waals surface area (Å²) in [6, 6.07) is 25.0. The Kier molecular flexibility index (Phi) is 7.51. The van der Waals surface area contributed by atoms with Crippen LogP contribution in [-0.4, -0.2) is 34.2 Å². The molecule has 0 radical (unpaired) electrons. The minimum Gasteiger partial charge on any atom is -0.497 e. The zero-order valence-corrected chi connectivity index (χ0v) is 20.7. The molecule has 3 aromatic carbocycles. The number of ether oxygens (including phenoxy) is 2. The fraction of sp³-hybridized carbons (Fsp3) is 0.241. The maximum Gasteiger partial charge on any atom is 0.254 e. The molecule has 180 valence electrons. The molecule has 1 amide bonds. The number of amides is 1. The Balaban J connectivity index is 1.73. The molecule has 6 heteroatoms. The molecule has 4 rings (SSSR count). The van der Waals surface area contributed by atoms with E-state index in [0.29, 0.717) is 30.3 Å². The van der Waals surface area contributed by atoms with Gasteiger partial charge in [-0.1, -0.05) is 42.8 Å². The van der Waals surface area contributed by atoms with Crippen LogP contribution in [0, 0.1) is 13.8 Å². The highest BCUT2D eigenvalue weighted by atomic mass is 16.5. The summed E-state index contributed by atoms with van der Waals surface area (Å²) in [5.74, 6) is 2.00. The van der Waals surface area contributed by atoms with Gasteiger partial charge in [0.2, 0.25) is 5.88 Å². The lowest BCUT2D eigenvalue weighted by Crippen LogP contribution is -2.31. The SMILES string of the molecule is CCCN(Cc1c(C)nn(-c2ccccc2)c1Oc1ccc(OC)cc1)C(=O)c1ccc(C)cc1. The number of hydrogen-bond acceptors (Lipinski definition) is 4. The molecule has 0 atom stereocenters. The van der Waals surface area contributed by atoms with Crippen molar-refractivity contribution < 1.29 is 14.3 Å². The summed E-state index contributed by atoms with van der Waals surface area (Å²) in [5.41, 5.74) is 4.37. The van der Waals surface area contributed by atoms with Crippen molar-refractivity contribution in [2.45, 2.75) is 33.7 Å². The van der Waals surface area contributed by atoms with E-state index < -0.39 is 0 Å². The van der Waals surface area contributed by atoms with Crippen LogP contribution in [0.25, 0.3) is 5.69 Å². The summed E-state index contributed by atoms with van der Waals surface area (Å²) in [7, 11) is 1.63. The topological polar surface area (TPSA) is 56.6 Å². The summed E-state index contributed by atoms with van der Waals surface area (Å²) in [5, 5.41) is 4.80. The van der Waals surface area contributed by atoms with Gasteiger partial charge in [0.15, 0.2) is 0 Å². The number of aromatic nitrogens is 2. The van der Waals surface area contributed by atoms with Crippen molar-refractivity contribution in [2.24, 2.45) is 0 Å². The van der Waals surface area contributed by atoms with Gasteiger partial charge in [-0.3, -0.25) is 4.79 Å². The van der Waals surface area contributed by atoms with E-state index in [9.17, 15) is 4.79 Å². The Labute approximate surface area is 206 Å². The molecule has 0 saturated carbocycles. The van der Waals surface area contributed by atoms with Gasteiger partial charge in [-0.2, -0.15) is 5.10 Å². The van der Waals surface area contributed by atoms with Gasteiger partial charge in [-0.15, -0.1) is 0 Å². The Hall–Kier alpha value is -4.06. The highest BCUT2D eigenvalue weighted by Gasteiger charge is 2.24. The zero-order chi connectivity index (χ0) is 24.8. The van der Waals surface area contributed by atoms with Gasteiger partial charge >= 0.3 is 0 Å². The summed E-state index contributed by atoms with van der Waals surface area (Å²) >= 11 is 0. The Morgan fingerprint density at radius 2 is 1.57 bits per heavy atom. The Morgan fingerprint density at radius 1 is 0.914 bits per heavy atom. The third-order valence-electron chi connectivity index (χ3n) is 5.84. The minimum atomic E-state index is -0.00546. The van der Waals surface area contributed by atoms with Gasteiger partial charge in [0, 0.05) is 12.1 Å². The van der Waals surface area contributed by atoms with Crippen LogP contribution in [-0.2, 0) is 6.54 Å². The van der Waals surface area contributed by atoms with E-state index in [1.807, 2.05) is 97.6 Å². The number of methoxy groups -OCH3 is 1. The minimum absolute atomic E-state index is 0.00546. The van der Waals surface area contributed by atoms with Crippen molar-refractivity contribution in [3.63, 3.8) is 0 Å². The molecule has 0 spiro atoms. The molecule has 0 aliphatic heterocycles. The van der Waals surface area contributed by atoms with Gasteiger partial charge in [0.05, 0.1) is 30.6 Å². The second-order valence-electron chi connectivity index (χ2n) is 8.49. The molecular formula is C29H31N3O3. The average Bonchev–Trinajstić information content (AvgIpc) is 3.19. The number of hydrogen-bond donors (Lipinski definition) is 0. The average molecular weight is 470 g/mol. The molecule has 4 aromatic rings. The van der Waals surface area contributed by atoms with Gasteiger partial charge in [0.1, 0.15) is 11.5 Å². The highest BCUT2D eigenvalue weighted by Crippen LogP contribution is 2.32. The zero-order valence-electron chi connectivity index (χ0n) is 20.7. The smallest absolute Gasteiger partial charge is 0.254 e. The summed E-state index contributed by atoms with van der Waals surface area (Å²) < 4.78 is 13.5. The molecular weight excluding hydrogens is 438 g/mol. The second kappa shape index (κ2) is 10.9. The number of carbonyl (C=O) groups is 1. The molecule has 0 saturated heterocycles. The van der Waals surface area contributed by atoms with E-state index in [2.05, 4.69) is 6.92 Å². The van der Waals surface area contributed by atoms with Crippen molar-refractivity contribution in [3.8, 4) is 23.1 Å². The molecule has 0 bridgehead atoms. The molecule has 35 heavy (non-hydrogen) atoms. The third-order valence-corrected chi connectivity index (χ3v) is 5.84. The number of nitrogens with zero attached hydrogens (tertiary/aromatic N) is 3. The van der Waals surface area contributed by atoms with Crippen LogP contribution in [0.1, 0.15) is 40.5 Å². The molecule has 1 heterocycles. The van der Waals surface area contributed by atoms with Crippen LogP contribution in [0.4, 0.5) is 0 Å². The van der Waals surface area contributed by atoms with E-state index in [1.54, 1.807) is 11.8 Å². The molecule has 0 fully saturated rings. The first-order chi connectivity index (χ1) is 17.0. The number of aryl methyl sites for hydroxylation is 2. The predicted molar refractivity (Wildman–Crippen MR) is 138 cm³/mol. The quantitative estimate of drug-likeness (QED) is 0.287. The number of carbonyl (C=O) groups excluding carboxylic acids is 1. The number of benzene rings is 3. The van der Waals surface area contributed by atoms with Crippen LogP contribution in [0.3, 0.4) is 0 Å². The van der Waals surface area contributed by atoms with E-state index in [0.717, 1.165) is 34.7 Å². The predicted octanol–water partition coefficient (Wildman–Crippen LogP) is 6.34. The maximum atomic E-state index is 13.4. The Bertz CT molecular complexity index is 1260. The molecule has 1 aromatic heterocycles. The lowest BCUT2D eigenvalue weighted by atomic mass is 10.1. The Morgan fingerprint density at radius 3 is 2.20 bits per heavy atom. The molecule has 0 N–H and O–H groups in total. The summed E-state index contributed by atoms with van der Waals surface area (Å²) in [6.45, 7) is 7.07. The van der Waals surface area contributed by atoms with Crippen molar-refractivity contribution in [2.75, 3.05) is 13.7 Å². The summed E-state index contributed by atoms with van der Waals surface area (Å²) in [6.07, 6.45) is 0.845. The monoisotopic (exact) mass is 469 g/mol. The van der Waals surface area contributed by atoms with E-state index in [4.69, 9.17) is 14.6 Å². The first-order valence-corrected chi connectivity index (χ1v) is 11.8. The van der Waals surface area contributed by atoms with E-state index >= 15 is 0 Å². The molecule has 0 aliphatic carbocycles. The molecule has 6 nitrogen and oxygen atoms in total. The third kappa shape index (κ3) is 5.54. The van der Waals surface area contributed by atoms with Crippen LogP contribution in [0.15, 0.2) is 78.9 Å². The largest absolute Gasteiger partial charge is 0.497 e. The first kappa shape index (κ1) is 24.1. The number of para-hydroxylation sites is 1. The van der Waals surface area contributed by atoms with Crippen LogP contribution in [0.2, 0.25) is 0 Å². The van der Waals surface area contributed by atoms with Gasteiger partial charge in [-0.25, -0.2) is 4.68 Å². The fourth-order valence-corrected chi connectivity index (χ4v) is 3.92.